The van der Waals surface area contributed by atoms with Crippen molar-refractivity contribution < 1.29 is 18.3 Å². The number of aromatic nitrogens is 3. The highest BCUT2D eigenvalue weighted by atomic mass is 19.1. The van der Waals surface area contributed by atoms with Crippen LogP contribution in [0.3, 0.4) is 0 Å². The van der Waals surface area contributed by atoms with Gasteiger partial charge < -0.3 is 15.0 Å². The van der Waals surface area contributed by atoms with Crippen LogP contribution in [-0.2, 0) is 0 Å². The molecule has 0 spiro atoms. The first kappa shape index (κ1) is 17.8. The van der Waals surface area contributed by atoms with Crippen molar-refractivity contribution in [2.24, 2.45) is 5.92 Å². The summed E-state index contributed by atoms with van der Waals surface area (Å²) in [6, 6.07) is 2.93. The molecule has 26 heavy (non-hydrogen) atoms. The van der Waals surface area contributed by atoms with Gasteiger partial charge in [-0.15, -0.1) is 0 Å². The van der Waals surface area contributed by atoms with Crippen molar-refractivity contribution in [1.82, 2.24) is 20.3 Å². The standard InChI is InChI=1S/C18H18F2N4O2/c1-9(2)10(3)23-18(25)12-7-21-17-16(12)24-15(8-22-17)26-14-5-4-11(19)6-13(14)20/h4-10H,1-3H3,(H,21,22)(H,23,25)/t10-/m1/s1. The number of nitrogens with zero attached hydrogens (tertiary/aromatic N) is 2. The fourth-order valence-electron chi connectivity index (χ4n) is 2.22. The number of fused-ring (bicyclic) bond motifs is 1. The Balaban J connectivity index is 1.89. The molecule has 0 aliphatic heterocycles. The molecule has 0 aliphatic carbocycles. The second-order valence-electron chi connectivity index (χ2n) is 6.29. The smallest absolute Gasteiger partial charge is 0.255 e. The molecule has 1 amide bonds. The summed E-state index contributed by atoms with van der Waals surface area (Å²) in [4.78, 5) is 23.7. The number of hydrogen-bond acceptors (Lipinski definition) is 4. The normalized spacial score (nSPS) is 12.4. The maximum Gasteiger partial charge on any atom is 0.255 e. The maximum atomic E-state index is 13.7. The zero-order valence-corrected chi connectivity index (χ0v) is 14.5. The van der Waals surface area contributed by atoms with E-state index in [2.05, 4.69) is 20.3 Å². The molecular formula is C18H18F2N4O2. The van der Waals surface area contributed by atoms with E-state index >= 15 is 0 Å². The largest absolute Gasteiger partial charge is 0.434 e. The Morgan fingerprint density at radius 1 is 1.27 bits per heavy atom. The highest BCUT2D eigenvalue weighted by Crippen LogP contribution is 2.25. The second-order valence-corrected chi connectivity index (χ2v) is 6.29. The highest BCUT2D eigenvalue weighted by molar-refractivity contribution is 6.04. The Bertz CT molecular complexity index is 956. The number of halogens is 2. The third-order valence-corrected chi connectivity index (χ3v) is 4.07. The summed E-state index contributed by atoms with van der Waals surface area (Å²) in [6.45, 7) is 5.92. The maximum absolute atomic E-state index is 13.7. The fourth-order valence-corrected chi connectivity index (χ4v) is 2.22. The van der Waals surface area contributed by atoms with E-state index in [1.54, 1.807) is 0 Å². The van der Waals surface area contributed by atoms with Crippen LogP contribution in [0.1, 0.15) is 31.1 Å². The first-order chi connectivity index (χ1) is 12.3. The van der Waals surface area contributed by atoms with Gasteiger partial charge in [-0.1, -0.05) is 13.8 Å². The molecule has 6 nitrogen and oxygen atoms in total. The van der Waals surface area contributed by atoms with E-state index in [1.807, 2.05) is 20.8 Å². The van der Waals surface area contributed by atoms with Gasteiger partial charge in [-0.25, -0.2) is 18.7 Å². The first-order valence-corrected chi connectivity index (χ1v) is 8.13. The molecule has 2 heterocycles. The lowest BCUT2D eigenvalue weighted by molar-refractivity contribution is 0.0932. The molecule has 0 radical (unpaired) electrons. The molecule has 8 heteroatoms. The van der Waals surface area contributed by atoms with Crippen LogP contribution in [0.5, 0.6) is 11.6 Å². The molecule has 0 saturated heterocycles. The van der Waals surface area contributed by atoms with E-state index in [0.29, 0.717) is 22.8 Å². The number of carbonyl (C=O) groups excluding carboxylic acids is 1. The first-order valence-electron chi connectivity index (χ1n) is 8.13. The van der Waals surface area contributed by atoms with E-state index in [4.69, 9.17) is 4.74 Å². The minimum absolute atomic E-state index is 0.00596. The van der Waals surface area contributed by atoms with Gasteiger partial charge in [0, 0.05) is 18.3 Å². The summed E-state index contributed by atoms with van der Waals surface area (Å²) in [6.07, 6.45) is 2.80. The van der Waals surface area contributed by atoms with Gasteiger partial charge in [0.1, 0.15) is 11.3 Å². The van der Waals surface area contributed by atoms with Crippen molar-refractivity contribution in [1.29, 1.82) is 0 Å². The number of benzene rings is 1. The van der Waals surface area contributed by atoms with Gasteiger partial charge in [-0.3, -0.25) is 4.79 Å². The van der Waals surface area contributed by atoms with E-state index in [1.165, 1.54) is 12.4 Å². The molecule has 136 valence electrons. The van der Waals surface area contributed by atoms with Crippen molar-refractivity contribution in [2.75, 3.05) is 0 Å². The molecule has 1 aromatic carbocycles. The topological polar surface area (TPSA) is 79.9 Å². The van der Waals surface area contributed by atoms with Crippen LogP contribution in [0.4, 0.5) is 8.78 Å². The van der Waals surface area contributed by atoms with Crippen LogP contribution in [-0.4, -0.2) is 26.9 Å². The van der Waals surface area contributed by atoms with E-state index in [-0.39, 0.29) is 29.5 Å². The molecule has 3 rings (SSSR count). The van der Waals surface area contributed by atoms with Crippen LogP contribution in [0.2, 0.25) is 0 Å². The van der Waals surface area contributed by atoms with Gasteiger partial charge in [0.25, 0.3) is 5.91 Å². The molecule has 0 saturated carbocycles. The summed E-state index contributed by atoms with van der Waals surface area (Å²) >= 11 is 0. The number of hydrogen-bond donors (Lipinski definition) is 2. The number of amides is 1. The van der Waals surface area contributed by atoms with Crippen LogP contribution in [0, 0.1) is 17.6 Å². The lowest BCUT2D eigenvalue weighted by Crippen LogP contribution is -2.36. The predicted octanol–water partition coefficient (Wildman–Crippen LogP) is 3.80. The molecule has 0 bridgehead atoms. The Morgan fingerprint density at radius 2 is 2.04 bits per heavy atom. The van der Waals surface area contributed by atoms with Crippen LogP contribution >= 0.6 is 0 Å². The van der Waals surface area contributed by atoms with Gasteiger partial charge >= 0.3 is 0 Å². The van der Waals surface area contributed by atoms with Crippen molar-refractivity contribution in [3.8, 4) is 11.6 Å². The minimum Gasteiger partial charge on any atom is -0.434 e. The fraction of sp³-hybridized carbons (Fsp3) is 0.278. The van der Waals surface area contributed by atoms with Gasteiger partial charge in [0.05, 0.1) is 11.8 Å². The van der Waals surface area contributed by atoms with Gasteiger partial charge in [-0.05, 0) is 25.0 Å². The average Bonchev–Trinajstić information content (AvgIpc) is 3.00. The minimum atomic E-state index is -0.857. The number of rotatable bonds is 5. The van der Waals surface area contributed by atoms with Gasteiger partial charge in [0.15, 0.2) is 17.2 Å². The predicted molar refractivity (Wildman–Crippen MR) is 92.1 cm³/mol. The van der Waals surface area contributed by atoms with Gasteiger partial charge in [0.2, 0.25) is 5.88 Å². The zero-order valence-electron chi connectivity index (χ0n) is 14.5. The Hall–Kier alpha value is -3.03. The second kappa shape index (κ2) is 7.07. The number of carbonyl (C=O) groups is 1. The zero-order chi connectivity index (χ0) is 18.8. The summed E-state index contributed by atoms with van der Waals surface area (Å²) in [5, 5.41) is 2.89. The molecule has 0 aliphatic rings. The van der Waals surface area contributed by atoms with Crippen LogP contribution < -0.4 is 10.1 Å². The molecule has 0 unspecified atom stereocenters. The summed E-state index contributed by atoms with van der Waals surface area (Å²) in [5.74, 6) is -1.78. The number of H-pyrrole nitrogens is 1. The van der Waals surface area contributed by atoms with Crippen LogP contribution in [0.15, 0.2) is 30.6 Å². The van der Waals surface area contributed by atoms with E-state index < -0.39 is 11.6 Å². The Labute approximate surface area is 148 Å². The Morgan fingerprint density at radius 3 is 2.73 bits per heavy atom. The lowest BCUT2D eigenvalue weighted by Gasteiger charge is -2.16. The van der Waals surface area contributed by atoms with Crippen LogP contribution in [0.25, 0.3) is 11.2 Å². The lowest BCUT2D eigenvalue weighted by atomic mass is 10.1. The number of aromatic amines is 1. The molecular weight excluding hydrogens is 342 g/mol. The number of nitrogens with one attached hydrogen (secondary N) is 2. The third-order valence-electron chi connectivity index (χ3n) is 4.07. The molecule has 2 N–H and O–H groups in total. The summed E-state index contributed by atoms with van der Waals surface area (Å²) in [5.41, 5.74) is 1.02. The van der Waals surface area contributed by atoms with E-state index in [9.17, 15) is 13.6 Å². The third kappa shape index (κ3) is 3.63. The van der Waals surface area contributed by atoms with Gasteiger partial charge in [-0.2, -0.15) is 0 Å². The van der Waals surface area contributed by atoms with Crippen molar-refractivity contribution in [3.63, 3.8) is 0 Å². The summed E-state index contributed by atoms with van der Waals surface area (Å²) < 4.78 is 32.1. The molecule has 2 aromatic heterocycles. The number of ether oxygens (including phenoxy) is 1. The van der Waals surface area contributed by atoms with Crippen molar-refractivity contribution in [2.45, 2.75) is 26.8 Å². The quantitative estimate of drug-likeness (QED) is 0.725. The van der Waals surface area contributed by atoms with Crippen molar-refractivity contribution >= 4 is 17.1 Å². The Kier molecular flexibility index (Phi) is 4.83. The average molecular weight is 360 g/mol. The molecule has 3 aromatic rings. The highest BCUT2D eigenvalue weighted by Gasteiger charge is 2.18. The monoisotopic (exact) mass is 360 g/mol. The molecule has 0 fully saturated rings. The van der Waals surface area contributed by atoms with Crippen molar-refractivity contribution in [3.05, 3.63) is 47.8 Å². The summed E-state index contributed by atoms with van der Waals surface area (Å²) in [7, 11) is 0. The molecule has 1 atom stereocenters. The van der Waals surface area contributed by atoms with E-state index in [0.717, 1.165) is 12.1 Å². The SMILES string of the molecule is CC(C)[C@@H](C)NC(=O)c1c[nH]c2ncc(Oc3ccc(F)cc3F)nc12.